The summed E-state index contributed by atoms with van der Waals surface area (Å²) in [5.74, 6) is 0.526. The molecule has 2 bridgehead atoms. The van der Waals surface area contributed by atoms with Gasteiger partial charge < -0.3 is 9.80 Å². The molecule has 0 saturated carbocycles. The number of H-pyrrole nitrogens is 1. The van der Waals surface area contributed by atoms with Crippen LogP contribution in [0.15, 0.2) is 24.3 Å². The number of likely N-dealkylation sites (N-methyl/N-ethyl adjacent to an activating group) is 1. The fourth-order valence-electron chi connectivity index (χ4n) is 4.15. The van der Waals surface area contributed by atoms with Crippen LogP contribution in [0.25, 0.3) is 10.9 Å². The Bertz CT molecular complexity index is 830. The van der Waals surface area contributed by atoms with Gasteiger partial charge in [-0.3, -0.25) is 19.6 Å². The lowest BCUT2D eigenvalue weighted by Gasteiger charge is -2.35. The molecule has 1 aromatic carbocycles. The lowest BCUT2D eigenvalue weighted by Crippen LogP contribution is -2.48. The van der Waals surface area contributed by atoms with Crippen molar-refractivity contribution in [2.24, 2.45) is 5.92 Å². The topological polar surface area (TPSA) is 72.5 Å². The highest BCUT2D eigenvalue weighted by Gasteiger charge is 2.38. The van der Waals surface area contributed by atoms with E-state index in [1.54, 1.807) is 19.0 Å². The summed E-state index contributed by atoms with van der Waals surface area (Å²) in [6, 6.07) is 7.87. The Morgan fingerprint density at radius 1 is 1.19 bits per heavy atom. The van der Waals surface area contributed by atoms with Crippen LogP contribution in [0, 0.1) is 5.92 Å². The first-order valence-corrected chi connectivity index (χ1v) is 9.19. The zero-order valence-corrected chi connectivity index (χ0v) is 15.3. The van der Waals surface area contributed by atoms with Crippen molar-refractivity contribution in [3.05, 3.63) is 30.0 Å². The number of benzene rings is 1. The normalized spacial score (nSPS) is 23.2. The number of piperidine rings is 1. The number of carbonyl (C=O) groups excluding carboxylic acids is 2. The van der Waals surface area contributed by atoms with E-state index in [2.05, 4.69) is 15.1 Å². The summed E-state index contributed by atoms with van der Waals surface area (Å²) in [7, 11) is 3.57. The van der Waals surface area contributed by atoms with Gasteiger partial charge in [-0.2, -0.15) is 5.10 Å². The second-order valence-electron chi connectivity index (χ2n) is 7.65. The van der Waals surface area contributed by atoms with E-state index in [4.69, 9.17) is 0 Å². The number of nitrogens with zero attached hydrogens (tertiary/aromatic N) is 4. The van der Waals surface area contributed by atoms with Crippen LogP contribution in [0.1, 0.15) is 23.3 Å². The highest BCUT2D eigenvalue weighted by atomic mass is 16.2. The number of para-hydroxylation sites is 1. The van der Waals surface area contributed by atoms with E-state index in [1.807, 2.05) is 29.2 Å². The molecule has 5 rings (SSSR count). The average molecular weight is 355 g/mol. The maximum absolute atomic E-state index is 13.2. The second-order valence-corrected chi connectivity index (χ2v) is 7.65. The molecule has 0 aliphatic carbocycles. The lowest BCUT2D eigenvalue weighted by atomic mass is 9.94. The van der Waals surface area contributed by atoms with Crippen molar-refractivity contribution in [1.29, 1.82) is 0 Å². The maximum atomic E-state index is 13.2. The molecule has 2 atom stereocenters. The molecule has 0 unspecified atom stereocenters. The molecule has 1 aromatic heterocycles. The van der Waals surface area contributed by atoms with Crippen molar-refractivity contribution in [2.45, 2.75) is 18.9 Å². The molecule has 2 amide bonds. The molecule has 7 heteroatoms. The van der Waals surface area contributed by atoms with Crippen molar-refractivity contribution in [3.8, 4) is 0 Å². The third-order valence-corrected chi connectivity index (χ3v) is 5.58. The fraction of sp³-hybridized carbons (Fsp3) is 0.526. The van der Waals surface area contributed by atoms with Gasteiger partial charge in [-0.25, -0.2) is 0 Å². The van der Waals surface area contributed by atoms with Gasteiger partial charge in [0.25, 0.3) is 5.91 Å². The SMILES string of the molecule is CN(C)C(=O)CN1C[C@H]2CC[C@@H](C1)N(C(=O)c1n[nH]c3ccccc13)C2. The van der Waals surface area contributed by atoms with Crippen molar-refractivity contribution in [3.63, 3.8) is 0 Å². The monoisotopic (exact) mass is 355 g/mol. The van der Waals surface area contributed by atoms with Crippen molar-refractivity contribution < 1.29 is 9.59 Å². The number of rotatable bonds is 3. The predicted molar refractivity (Wildman–Crippen MR) is 98.8 cm³/mol. The van der Waals surface area contributed by atoms with E-state index in [-0.39, 0.29) is 17.9 Å². The summed E-state index contributed by atoms with van der Waals surface area (Å²) in [6.07, 6.45) is 2.10. The minimum absolute atomic E-state index is 0.00191. The Labute approximate surface area is 152 Å². The molecular formula is C19H25N5O2. The van der Waals surface area contributed by atoms with Crippen LogP contribution >= 0.6 is 0 Å². The van der Waals surface area contributed by atoms with Crippen LogP contribution in [0.3, 0.4) is 0 Å². The number of fused-ring (bicyclic) bond motifs is 5. The summed E-state index contributed by atoms with van der Waals surface area (Å²) in [4.78, 5) is 31.1. The highest BCUT2D eigenvalue weighted by molar-refractivity contribution is 6.04. The molecule has 3 fully saturated rings. The maximum Gasteiger partial charge on any atom is 0.275 e. The van der Waals surface area contributed by atoms with Gasteiger partial charge in [-0.1, -0.05) is 18.2 Å². The van der Waals surface area contributed by atoms with Gasteiger partial charge in [-0.05, 0) is 24.8 Å². The van der Waals surface area contributed by atoms with E-state index in [1.165, 1.54) is 0 Å². The minimum atomic E-state index is -0.00191. The first-order valence-electron chi connectivity index (χ1n) is 9.19. The van der Waals surface area contributed by atoms with Gasteiger partial charge in [0, 0.05) is 45.2 Å². The summed E-state index contributed by atoms with van der Waals surface area (Å²) in [5.41, 5.74) is 1.39. The van der Waals surface area contributed by atoms with Gasteiger partial charge in [0.05, 0.1) is 12.1 Å². The van der Waals surface area contributed by atoms with E-state index in [9.17, 15) is 9.59 Å². The predicted octanol–water partition coefficient (Wildman–Crippen LogP) is 1.19. The molecule has 0 spiro atoms. The van der Waals surface area contributed by atoms with Gasteiger partial charge in [0.1, 0.15) is 0 Å². The molecule has 138 valence electrons. The van der Waals surface area contributed by atoms with E-state index < -0.39 is 0 Å². The first-order chi connectivity index (χ1) is 12.5. The van der Waals surface area contributed by atoms with E-state index in [0.717, 1.165) is 43.4 Å². The Morgan fingerprint density at radius 2 is 2.00 bits per heavy atom. The van der Waals surface area contributed by atoms with Crippen LogP contribution in [0.5, 0.6) is 0 Å². The largest absolute Gasteiger partial charge is 0.348 e. The Kier molecular flexibility index (Phi) is 4.40. The molecule has 26 heavy (non-hydrogen) atoms. The summed E-state index contributed by atoms with van der Waals surface area (Å²) in [6.45, 7) is 2.80. The summed E-state index contributed by atoms with van der Waals surface area (Å²) >= 11 is 0. The minimum Gasteiger partial charge on any atom is -0.348 e. The number of hydrogen-bond donors (Lipinski definition) is 1. The van der Waals surface area contributed by atoms with Crippen LogP contribution in [0.4, 0.5) is 0 Å². The average Bonchev–Trinajstić information content (AvgIpc) is 2.86. The number of amides is 2. The molecule has 4 heterocycles. The summed E-state index contributed by atoms with van der Waals surface area (Å²) < 4.78 is 0. The number of aromatic nitrogens is 2. The third-order valence-electron chi connectivity index (χ3n) is 5.58. The third kappa shape index (κ3) is 3.07. The molecule has 3 saturated heterocycles. The van der Waals surface area contributed by atoms with E-state index >= 15 is 0 Å². The van der Waals surface area contributed by atoms with Crippen molar-refractivity contribution >= 4 is 22.7 Å². The Balaban J connectivity index is 1.55. The summed E-state index contributed by atoms with van der Waals surface area (Å²) in [5, 5.41) is 8.11. The molecule has 1 N–H and O–H groups in total. The second kappa shape index (κ2) is 6.72. The zero-order valence-electron chi connectivity index (χ0n) is 15.3. The van der Waals surface area contributed by atoms with Crippen LogP contribution in [-0.4, -0.2) is 83.0 Å². The van der Waals surface area contributed by atoms with Crippen molar-refractivity contribution in [1.82, 2.24) is 24.9 Å². The van der Waals surface area contributed by atoms with Gasteiger partial charge in [0.2, 0.25) is 5.91 Å². The number of hydrogen-bond acceptors (Lipinski definition) is 4. The number of carbonyl (C=O) groups is 2. The Morgan fingerprint density at radius 3 is 2.81 bits per heavy atom. The molecule has 0 radical (unpaired) electrons. The van der Waals surface area contributed by atoms with E-state index in [0.29, 0.717) is 18.2 Å². The molecule has 2 aromatic rings. The Hall–Kier alpha value is -2.41. The lowest BCUT2D eigenvalue weighted by molar-refractivity contribution is -0.129. The molecule has 7 nitrogen and oxygen atoms in total. The molecule has 3 aliphatic rings. The quantitative estimate of drug-likeness (QED) is 0.898. The van der Waals surface area contributed by atoms with Gasteiger partial charge in [0.15, 0.2) is 5.69 Å². The van der Waals surface area contributed by atoms with Gasteiger partial charge in [-0.15, -0.1) is 0 Å². The number of nitrogens with one attached hydrogen (secondary N) is 1. The zero-order chi connectivity index (χ0) is 18.3. The highest BCUT2D eigenvalue weighted by Crippen LogP contribution is 2.30. The van der Waals surface area contributed by atoms with Crippen LogP contribution in [0.2, 0.25) is 0 Å². The standard InChI is InChI=1S/C19H25N5O2/c1-22(2)17(25)12-23-9-13-7-8-14(11-23)24(10-13)19(26)18-15-5-3-4-6-16(15)20-21-18/h3-6,13-14H,7-12H2,1-2H3,(H,20,21)/t13-,14+/m1/s1. The molecule has 3 aliphatic heterocycles. The van der Waals surface area contributed by atoms with Crippen molar-refractivity contribution in [2.75, 3.05) is 40.3 Å². The van der Waals surface area contributed by atoms with Crippen LogP contribution in [-0.2, 0) is 4.79 Å². The smallest absolute Gasteiger partial charge is 0.275 e. The molecular weight excluding hydrogens is 330 g/mol. The fourth-order valence-corrected chi connectivity index (χ4v) is 4.15. The first kappa shape index (κ1) is 17.0. The van der Waals surface area contributed by atoms with Gasteiger partial charge >= 0.3 is 0 Å². The van der Waals surface area contributed by atoms with Crippen LogP contribution < -0.4 is 0 Å². The number of aromatic amines is 1.